The van der Waals surface area contributed by atoms with Crippen LogP contribution in [0.25, 0.3) is 10.8 Å². The van der Waals surface area contributed by atoms with E-state index >= 15 is 0 Å². The van der Waals surface area contributed by atoms with Crippen LogP contribution in [0.15, 0.2) is 98.1 Å². The molecule has 9 atom stereocenters. The van der Waals surface area contributed by atoms with E-state index in [1.54, 1.807) is 35.9 Å². The zero-order valence-electron chi connectivity index (χ0n) is 29.8. The van der Waals surface area contributed by atoms with Crippen LogP contribution in [0, 0.1) is 11.8 Å². The maximum Gasteiger partial charge on any atom is 0.313 e. The van der Waals surface area contributed by atoms with Gasteiger partial charge in [-0.25, -0.2) is 0 Å². The molecule has 3 fully saturated rings. The Kier molecular flexibility index (Phi) is 11.0. The molecule has 3 aromatic rings. The minimum absolute atomic E-state index is 0.122. The van der Waals surface area contributed by atoms with Crippen LogP contribution < -0.4 is 4.90 Å². The van der Waals surface area contributed by atoms with Gasteiger partial charge >= 0.3 is 5.97 Å². The first-order chi connectivity index (χ1) is 25.0. The zero-order valence-corrected chi connectivity index (χ0v) is 31.4. The number of amides is 3. The molecular formula is C41H46BrN3O7. The lowest BCUT2D eigenvalue weighted by Gasteiger charge is -2.38. The minimum atomic E-state index is -1.37. The quantitative estimate of drug-likeness (QED) is 0.129. The number of carbonyl (C=O) groups is 4. The summed E-state index contributed by atoms with van der Waals surface area (Å²) in [7, 11) is 1.68. The highest BCUT2D eigenvalue weighted by atomic mass is 79.9. The van der Waals surface area contributed by atoms with Gasteiger partial charge in [0.05, 0.1) is 36.6 Å². The molecule has 3 heterocycles. The molecule has 3 aliphatic heterocycles. The van der Waals surface area contributed by atoms with Crippen LogP contribution in [-0.2, 0) is 28.7 Å². The van der Waals surface area contributed by atoms with Crippen molar-refractivity contribution in [2.45, 2.75) is 73.9 Å². The number of anilines is 1. The Labute approximate surface area is 313 Å². The van der Waals surface area contributed by atoms with Crippen LogP contribution in [0.3, 0.4) is 0 Å². The van der Waals surface area contributed by atoms with E-state index in [0.717, 1.165) is 10.8 Å². The van der Waals surface area contributed by atoms with Gasteiger partial charge in [-0.05, 0) is 55.2 Å². The van der Waals surface area contributed by atoms with Gasteiger partial charge in [0.25, 0.3) is 5.91 Å². The second-order valence-electron chi connectivity index (χ2n) is 14.1. The Balaban J connectivity index is 1.37. The summed E-state index contributed by atoms with van der Waals surface area (Å²) in [6.45, 7) is 10.9. The van der Waals surface area contributed by atoms with Crippen molar-refractivity contribution in [3.8, 4) is 0 Å². The van der Waals surface area contributed by atoms with E-state index in [4.69, 9.17) is 9.47 Å². The molecule has 0 aromatic heterocycles. The molecule has 10 nitrogen and oxygen atoms in total. The third kappa shape index (κ3) is 6.47. The van der Waals surface area contributed by atoms with Crippen LogP contribution in [0.4, 0.5) is 5.69 Å². The van der Waals surface area contributed by atoms with Gasteiger partial charge in [0.15, 0.2) is 0 Å². The standard InChI is InChI=1S/C41H46BrN3O7/c1-6-8-18-32(47)43(5)26(4)35(28-15-10-9-11-16-28)51-40(50)33-34-38(48)45(25(3)24-46)37(41(34)23-31(42)36(33)52-41)39(49)44(21-7-2)30-20-19-27-14-12-13-17-29(27)22-30/h6-7,9-17,19-20,22,25-26,31,33-37,46H,1-2,8,18,21,23-24H2,3-5H3/t25-,26-,31?,33-,34+,35+,36-,37-,41+/m1/s1. The van der Waals surface area contributed by atoms with Crippen molar-refractivity contribution >= 4 is 56.1 Å². The van der Waals surface area contributed by atoms with Crippen LogP contribution in [0.5, 0.6) is 0 Å². The molecule has 1 unspecified atom stereocenters. The van der Waals surface area contributed by atoms with Gasteiger partial charge in [-0.1, -0.05) is 88.7 Å². The lowest BCUT2D eigenvalue weighted by Crippen LogP contribution is -2.58. The van der Waals surface area contributed by atoms with E-state index in [9.17, 15) is 24.3 Å². The van der Waals surface area contributed by atoms with E-state index in [1.165, 1.54) is 4.90 Å². The number of carbonyl (C=O) groups excluding carboxylic acids is 4. The van der Waals surface area contributed by atoms with Crippen LogP contribution in [0.2, 0.25) is 0 Å². The molecule has 3 aliphatic rings. The number of alkyl halides is 1. The second-order valence-corrected chi connectivity index (χ2v) is 15.2. The molecular weight excluding hydrogens is 726 g/mol. The highest BCUT2D eigenvalue weighted by molar-refractivity contribution is 9.09. The molecule has 0 aliphatic carbocycles. The number of rotatable bonds is 14. The molecule has 6 rings (SSSR count). The van der Waals surface area contributed by atoms with Gasteiger partial charge in [0.1, 0.15) is 17.7 Å². The normalized spacial score (nSPS) is 26.4. The number of likely N-dealkylation sites (N-methyl/N-ethyl adjacent to an activating group) is 1. The van der Waals surface area contributed by atoms with Crippen molar-refractivity contribution in [2.75, 3.05) is 25.1 Å². The number of benzene rings is 3. The van der Waals surface area contributed by atoms with Crippen molar-refractivity contribution in [1.82, 2.24) is 9.80 Å². The molecule has 3 saturated heterocycles. The third-order valence-corrected chi connectivity index (χ3v) is 11.8. The molecule has 1 spiro atoms. The van der Waals surface area contributed by atoms with Crippen molar-refractivity contribution < 1.29 is 33.8 Å². The monoisotopic (exact) mass is 771 g/mol. The zero-order chi connectivity index (χ0) is 37.3. The number of hydrogen-bond donors (Lipinski definition) is 1. The maximum atomic E-state index is 15.0. The molecule has 2 bridgehead atoms. The first-order valence-electron chi connectivity index (χ1n) is 17.8. The topological polar surface area (TPSA) is 117 Å². The van der Waals surface area contributed by atoms with Crippen LogP contribution >= 0.6 is 15.9 Å². The summed E-state index contributed by atoms with van der Waals surface area (Å²) in [5.41, 5.74) is -0.0580. The van der Waals surface area contributed by atoms with Crippen molar-refractivity contribution in [2.24, 2.45) is 11.8 Å². The van der Waals surface area contributed by atoms with Gasteiger partial charge in [-0.15, -0.1) is 13.2 Å². The number of aliphatic hydroxyl groups excluding tert-OH is 1. The average molecular weight is 773 g/mol. The maximum absolute atomic E-state index is 15.0. The number of allylic oxidation sites excluding steroid dienone is 1. The van der Waals surface area contributed by atoms with Crippen LogP contribution in [0.1, 0.15) is 44.8 Å². The Bertz CT molecular complexity index is 1850. The molecule has 0 radical (unpaired) electrons. The molecule has 274 valence electrons. The molecule has 0 saturated carbocycles. The predicted molar refractivity (Wildman–Crippen MR) is 203 cm³/mol. The highest BCUT2D eigenvalue weighted by Crippen LogP contribution is 2.61. The van der Waals surface area contributed by atoms with Crippen molar-refractivity contribution in [3.63, 3.8) is 0 Å². The third-order valence-electron chi connectivity index (χ3n) is 11.0. The summed E-state index contributed by atoms with van der Waals surface area (Å²) in [4.78, 5) is 61.4. The summed E-state index contributed by atoms with van der Waals surface area (Å²) in [6.07, 6.45) is 2.77. The Morgan fingerprint density at radius 3 is 2.42 bits per heavy atom. The Morgan fingerprint density at radius 1 is 1.06 bits per heavy atom. The van der Waals surface area contributed by atoms with E-state index in [2.05, 4.69) is 29.1 Å². The first-order valence-corrected chi connectivity index (χ1v) is 18.7. The van der Waals surface area contributed by atoms with E-state index < -0.39 is 72.2 Å². The smallest absolute Gasteiger partial charge is 0.313 e. The fraction of sp³-hybridized carbons (Fsp3) is 0.415. The van der Waals surface area contributed by atoms with Crippen molar-refractivity contribution in [3.05, 3.63) is 104 Å². The number of ether oxygens (including phenoxy) is 2. The average Bonchev–Trinajstić information content (AvgIpc) is 3.76. The van der Waals surface area contributed by atoms with E-state index in [0.29, 0.717) is 24.1 Å². The van der Waals surface area contributed by atoms with Crippen LogP contribution in [-0.4, -0.2) is 93.5 Å². The molecule has 11 heteroatoms. The van der Waals surface area contributed by atoms with Gasteiger partial charge in [0.2, 0.25) is 11.8 Å². The summed E-state index contributed by atoms with van der Waals surface area (Å²) in [5, 5.41) is 12.3. The number of halogens is 1. The fourth-order valence-electron chi connectivity index (χ4n) is 8.25. The summed E-state index contributed by atoms with van der Waals surface area (Å²) >= 11 is 3.74. The number of esters is 1. The molecule has 52 heavy (non-hydrogen) atoms. The first kappa shape index (κ1) is 37.4. The lowest BCUT2D eigenvalue weighted by molar-refractivity contribution is -0.165. The summed E-state index contributed by atoms with van der Waals surface area (Å²) < 4.78 is 13.1. The predicted octanol–water partition coefficient (Wildman–Crippen LogP) is 5.59. The van der Waals surface area contributed by atoms with E-state index in [-0.39, 0.29) is 23.7 Å². The lowest BCUT2D eigenvalue weighted by atomic mass is 9.70. The number of fused-ring (bicyclic) bond motifs is 2. The summed E-state index contributed by atoms with van der Waals surface area (Å²) in [5.74, 6) is -3.70. The molecule has 3 aromatic carbocycles. The van der Waals surface area contributed by atoms with Gasteiger partial charge in [-0.2, -0.15) is 0 Å². The van der Waals surface area contributed by atoms with Gasteiger partial charge in [-0.3, -0.25) is 19.2 Å². The number of hydrogen-bond acceptors (Lipinski definition) is 7. The minimum Gasteiger partial charge on any atom is -0.455 e. The SMILES string of the molecule is C=CCCC(=O)N(C)[C@H](C)[C@H](OC(=O)[C@H]1[C@@H]2O[C@@]3(CC2Br)[C@@H]1C(=O)N([C@H](C)CO)[C@@H]3C(=O)N(CC=C)c1ccc2ccccc2c1)c1ccccc1. The van der Waals surface area contributed by atoms with Gasteiger partial charge < -0.3 is 29.3 Å². The largest absolute Gasteiger partial charge is 0.455 e. The van der Waals surface area contributed by atoms with Crippen molar-refractivity contribution in [1.29, 1.82) is 0 Å². The molecule has 3 amide bonds. The highest BCUT2D eigenvalue weighted by Gasteiger charge is 2.77. The number of aliphatic hydroxyl groups is 1. The van der Waals surface area contributed by atoms with Gasteiger partial charge in [0, 0.05) is 30.5 Å². The Hall–Kier alpha value is -4.32. The van der Waals surface area contributed by atoms with E-state index in [1.807, 2.05) is 79.7 Å². The fourth-order valence-corrected chi connectivity index (χ4v) is 9.19. The summed E-state index contributed by atoms with van der Waals surface area (Å²) in [6, 6.07) is 20.3. The Morgan fingerprint density at radius 2 is 1.75 bits per heavy atom. The number of nitrogens with zero attached hydrogens (tertiary/aromatic N) is 3. The number of likely N-dealkylation sites (tertiary alicyclic amines) is 1. The molecule has 1 N–H and O–H groups in total. The second kappa shape index (κ2) is 15.3.